The Hall–Kier alpha value is -1.15. The molecule has 0 atom stereocenters. The summed E-state index contributed by atoms with van der Waals surface area (Å²) in [6.07, 6.45) is 0. The lowest BCUT2D eigenvalue weighted by atomic mass is 10.3. The van der Waals surface area contributed by atoms with Crippen LogP contribution in [0.2, 0.25) is 5.02 Å². The molecule has 0 heterocycles. The van der Waals surface area contributed by atoms with Crippen LogP contribution in [0.1, 0.15) is 6.92 Å². The number of anilines is 1. The van der Waals surface area contributed by atoms with Crippen molar-refractivity contribution in [3.05, 3.63) is 35.6 Å². The first kappa shape index (κ1) is 8.94. The van der Waals surface area contributed by atoms with E-state index in [-0.39, 0.29) is 0 Å². The molecule has 2 nitrogen and oxygen atoms in total. The number of rotatable bonds is 2. The molecule has 0 amide bonds. The van der Waals surface area contributed by atoms with Gasteiger partial charge in [0.15, 0.2) is 0 Å². The highest BCUT2D eigenvalue weighted by Gasteiger charge is 1.98. The molecule has 1 aromatic carbocycles. The van der Waals surface area contributed by atoms with Gasteiger partial charge in [-0.15, -0.1) is 0 Å². The third-order valence-corrected chi connectivity index (χ3v) is 1.59. The van der Waals surface area contributed by atoms with Gasteiger partial charge in [-0.1, -0.05) is 18.2 Å². The summed E-state index contributed by atoms with van der Waals surface area (Å²) in [4.78, 5) is 0. The van der Waals surface area contributed by atoms with E-state index in [9.17, 15) is 0 Å². The van der Waals surface area contributed by atoms with Gasteiger partial charge >= 0.3 is 0 Å². The molecule has 0 spiro atoms. The molecule has 12 heavy (non-hydrogen) atoms. The summed E-state index contributed by atoms with van der Waals surface area (Å²) in [5, 5.41) is 0.494. The quantitative estimate of drug-likeness (QED) is 0.565. The van der Waals surface area contributed by atoms with Crippen molar-refractivity contribution in [2.45, 2.75) is 6.92 Å². The maximum Gasteiger partial charge on any atom is 0.128 e. The fraction of sp³-hybridized carbons (Fsp3) is 0.111. The van der Waals surface area contributed by atoms with Gasteiger partial charge in [0.2, 0.25) is 0 Å². The summed E-state index contributed by atoms with van der Waals surface area (Å²) in [7, 11) is 0. The van der Waals surface area contributed by atoms with Crippen LogP contribution < -0.4 is 10.5 Å². The molecule has 1 rings (SSSR count). The van der Waals surface area contributed by atoms with E-state index in [1.807, 2.05) is 0 Å². The van der Waals surface area contributed by atoms with Crippen LogP contribution in [0.25, 0.3) is 0 Å². The van der Waals surface area contributed by atoms with Crippen LogP contribution in [-0.2, 0) is 0 Å². The molecule has 0 saturated carbocycles. The number of nitrogens with two attached hydrogens (primary N) is 1. The number of ether oxygens (including phenoxy) is 1. The molecule has 0 bridgehead atoms. The molecule has 0 unspecified atom stereocenters. The van der Waals surface area contributed by atoms with E-state index >= 15 is 0 Å². The summed E-state index contributed by atoms with van der Waals surface area (Å²) in [6, 6.07) is 5.10. The van der Waals surface area contributed by atoms with Crippen LogP contribution in [0.15, 0.2) is 30.5 Å². The van der Waals surface area contributed by atoms with Crippen molar-refractivity contribution in [2.75, 3.05) is 5.73 Å². The first-order valence-electron chi connectivity index (χ1n) is 3.48. The minimum atomic E-state index is 0.494. The molecule has 64 valence electrons. The first-order valence-corrected chi connectivity index (χ1v) is 3.86. The van der Waals surface area contributed by atoms with Gasteiger partial charge in [-0.05, 0) is 19.1 Å². The molecule has 0 saturated heterocycles. The minimum Gasteiger partial charge on any atom is -0.463 e. The number of nitrogen functional groups attached to an aromatic ring is 1. The van der Waals surface area contributed by atoms with Crippen molar-refractivity contribution in [1.29, 1.82) is 0 Å². The number of halogens is 1. The largest absolute Gasteiger partial charge is 0.463 e. The van der Waals surface area contributed by atoms with Crippen molar-refractivity contribution in [1.82, 2.24) is 0 Å². The Morgan fingerprint density at radius 1 is 1.58 bits per heavy atom. The van der Waals surface area contributed by atoms with Gasteiger partial charge in [-0.25, -0.2) is 0 Å². The molecule has 0 aliphatic heterocycles. The van der Waals surface area contributed by atoms with E-state index in [1.165, 1.54) is 0 Å². The third kappa shape index (κ3) is 2.17. The van der Waals surface area contributed by atoms with Gasteiger partial charge in [0.1, 0.15) is 5.75 Å². The lowest BCUT2D eigenvalue weighted by molar-refractivity contribution is 0.430. The van der Waals surface area contributed by atoms with Gasteiger partial charge in [-0.3, -0.25) is 0 Å². The van der Waals surface area contributed by atoms with Gasteiger partial charge in [0.25, 0.3) is 0 Å². The maximum atomic E-state index is 5.76. The second kappa shape index (κ2) is 3.50. The fourth-order valence-electron chi connectivity index (χ4n) is 0.773. The van der Waals surface area contributed by atoms with E-state index in [2.05, 4.69) is 6.58 Å². The van der Waals surface area contributed by atoms with Crippen LogP contribution in [0.4, 0.5) is 5.69 Å². The zero-order valence-electron chi connectivity index (χ0n) is 6.80. The summed E-state index contributed by atoms with van der Waals surface area (Å²) < 4.78 is 5.22. The molecule has 0 aliphatic carbocycles. The molecule has 3 heteroatoms. The van der Waals surface area contributed by atoms with Crippen LogP contribution >= 0.6 is 11.6 Å². The SMILES string of the molecule is C=C(C)Oc1ccc(N)c(Cl)c1. The third-order valence-electron chi connectivity index (χ3n) is 1.26. The van der Waals surface area contributed by atoms with Crippen molar-refractivity contribution in [2.24, 2.45) is 0 Å². The van der Waals surface area contributed by atoms with Crippen LogP contribution in [0, 0.1) is 0 Å². The van der Waals surface area contributed by atoms with E-state index in [0.717, 1.165) is 0 Å². The standard InChI is InChI=1S/C9H10ClNO/c1-6(2)12-7-3-4-9(11)8(10)5-7/h3-5H,1,11H2,2H3. The van der Waals surface area contributed by atoms with Crippen molar-refractivity contribution in [3.8, 4) is 5.75 Å². The molecule has 0 radical (unpaired) electrons. The molecular formula is C9H10ClNO. The van der Waals surface area contributed by atoms with Crippen LogP contribution in [0.3, 0.4) is 0 Å². The molecular weight excluding hydrogens is 174 g/mol. The summed E-state index contributed by atoms with van der Waals surface area (Å²) >= 11 is 5.76. The number of hydrogen-bond acceptors (Lipinski definition) is 2. The summed E-state index contributed by atoms with van der Waals surface area (Å²) in [6.45, 7) is 5.37. The Bertz CT molecular complexity index is 309. The summed E-state index contributed by atoms with van der Waals surface area (Å²) in [5.74, 6) is 1.28. The molecule has 0 aromatic heterocycles. The second-order valence-electron chi connectivity index (χ2n) is 2.49. The van der Waals surface area contributed by atoms with Gasteiger partial charge in [0.05, 0.1) is 16.5 Å². The Morgan fingerprint density at radius 3 is 2.75 bits per heavy atom. The molecule has 0 fully saturated rings. The molecule has 0 aliphatic rings. The minimum absolute atomic E-state index is 0.494. The van der Waals surface area contributed by atoms with E-state index in [1.54, 1.807) is 25.1 Å². The predicted octanol–water partition coefficient (Wildman–Crippen LogP) is 2.83. The van der Waals surface area contributed by atoms with Gasteiger partial charge in [-0.2, -0.15) is 0 Å². The highest BCUT2D eigenvalue weighted by Crippen LogP contribution is 2.24. The Labute approximate surface area is 76.6 Å². The predicted molar refractivity (Wildman–Crippen MR) is 51.3 cm³/mol. The molecule has 1 aromatic rings. The zero-order valence-corrected chi connectivity index (χ0v) is 7.56. The van der Waals surface area contributed by atoms with E-state index in [4.69, 9.17) is 22.1 Å². The molecule has 2 N–H and O–H groups in total. The van der Waals surface area contributed by atoms with Crippen LogP contribution in [-0.4, -0.2) is 0 Å². The smallest absolute Gasteiger partial charge is 0.128 e. The highest BCUT2D eigenvalue weighted by molar-refractivity contribution is 6.33. The fourth-order valence-corrected chi connectivity index (χ4v) is 0.943. The Balaban J connectivity index is 2.89. The maximum absolute atomic E-state index is 5.76. The Kier molecular flexibility index (Phi) is 2.61. The lowest BCUT2D eigenvalue weighted by Crippen LogP contribution is -1.90. The Morgan fingerprint density at radius 2 is 2.25 bits per heavy atom. The van der Waals surface area contributed by atoms with Gasteiger partial charge in [0, 0.05) is 6.07 Å². The van der Waals surface area contributed by atoms with Crippen molar-refractivity contribution >= 4 is 17.3 Å². The van der Waals surface area contributed by atoms with Crippen molar-refractivity contribution < 1.29 is 4.74 Å². The summed E-state index contributed by atoms with van der Waals surface area (Å²) in [5.41, 5.74) is 6.06. The average molecular weight is 184 g/mol. The lowest BCUT2D eigenvalue weighted by Gasteiger charge is -2.05. The number of hydrogen-bond donors (Lipinski definition) is 1. The average Bonchev–Trinajstić information content (AvgIpc) is 1.96. The van der Waals surface area contributed by atoms with Gasteiger partial charge < -0.3 is 10.5 Å². The first-order chi connectivity index (χ1) is 5.59. The number of benzene rings is 1. The normalized spacial score (nSPS) is 9.50. The van der Waals surface area contributed by atoms with Crippen molar-refractivity contribution in [3.63, 3.8) is 0 Å². The van der Waals surface area contributed by atoms with E-state index in [0.29, 0.717) is 22.2 Å². The van der Waals surface area contributed by atoms with E-state index < -0.39 is 0 Å². The monoisotopic (exact) mass is 183 g/mol. The number of allylic oxidation sites excluding steroid dienone is 1. The van der Waals surface area contributed by atoms with Crippen LogP contribution in [0.5, 0.6) is 5.75 Å². The zero-order chi connectivity index (χ0) is 9.14. The highest BCUT2D eigenvalue weighted by atomic mass is 35.5. The second-order valence-corrected chi connectivity index (χ2v) is 2.89. The topological polar surface area (TPSA) is 35.2 Å².